The van der Waals surface area contributed by atoms with Crippen molar-refractivity contribution in [1.82, 2.24) is 9.55 Å². The number of rotatable bonds is 7. The fraction of sp³-hybridized carbons (Fsp3) is 0.600. The van der Waals surface area contributed by atoms with Crippen molar-refractivity contribution in [3.63, 3.8) is 0 Å². The minimum atomic E-state index is -5.84. The van der Waals surface area contributed by atoms with E-state index in [9.17, 15) is 39.0 Å². The molecule has 15 nitrogen and oxygen atoms in total. The van der Waals surface area contributed by atoms with E-state index in [1.807, 2.05) is 0 Å². The molecule has 154 valence electrons. The molecule has 0 aliphatic carbocycles. The molecule has 5 atom stereocenters. The number of hydrogen-bond acceptors (Lipinski definition) is 13. The van der Waals surface area contributed by atoms with Gasteiger partial charge in [-0.25, -0.2) is 14.3 Å². The topological polar surface area (TPSA) is 236 Å². The number of hydrogen-bond donors (Lipinski definition) is 3. The molecule has 3 N–H and O–H groups in total. The molecule has 1 aromatic rings. The molecule has 0 aromatic carbocycles. The number of methoxy groups -OCH3 is 1. The van der Waals surface area contributed by atoms with Gasteiger partial charge in [-0.2, -0.15) is 0 Å². The van der Waals surface area contributed by atoms with Gasteiger partial charge in [-0.15, -0.1) is 0 Å². The molecule has 1 unspecified atom stereocenters. The van der Waals surface area contributed by atoms with Crippen molar-refractivity contribution < 1.29 is 146 Å². The Morgan fingerprint density at radius 2 is 1.80 bits per heavy atom. The van der Waals surface area contributed by atoms with E-state index >= 15 is 0 Å². The minimum Gasteiger partial charge on any atom is -0.856 e. The van der Waals surface area contributed by atoms with Crippen LogP contribution in [0, 0.1) is 0 Å². The summed E-state index contributed by atoms with van der Waals surface area (Å²) in [5, 5.41) is 31.3. The normalized spacial score (nSPS) is 25.3. The maximum absolute atomic E-state index is 11.8. The Morgan fingerprint density at radius 3 is 2.30 bits per heavy atom. The minimum absolute atomic E-state index is 0. The van der Waals surface area contributed by atoms with Crippen molar-refractivity contribution in [3.05, 3.63) is 16.7 Å². The van der Waals surface area contributed by atoms with E-state index in [1.165, 1.54) is 0 Å². The predicted molar refractivity (Wildman–Crippen MR) is 74.9 cm³/mol. The molecule has 0 radical (unpaired) electrons. The molecule has 1 aliphatic heterocycles. The predicted octanol–water partition coefficient (Wildman–Crippen LogP) is -13.1. The van der Waals surface area contributed by atoms with E-state index in [4.69, 9.17) is 14.4 Å². The summed E-state index contributed by atoms with van der Waals surface area (Å²) >= 11 is 0. The zero-order valence-corrected chi connectivity index (χ0v) is 24.1. The third-order valence-electron chi connectivity index (χ3n) is 3.32. The number of phosphoric acid groups is 2. The fourth-order valence-electron chi connectivity index (χ4n) is 2.17. The van der Waals surface area contributed by atoms with Gasteiger partial charge in [0.25, 0.3) is 0 Å². The first-order chi connectivity index (χ1) is 12.3. The maximum atomic E-state index is 11.8. The van der Waals surface area contributed by atoms with Gasteiger partial charge in [0.15, 0.2) is 6.23 Å². The van der Waals surface area contributed by atoms with Crippen molar-refractivity contribution >= 4 is 15.6 Å². The molecule has 1 fully saturated rings. The van der Waals surface area contributed by atoms with E-state index in [2.05, 4.69) is 13.8 Å². The van der Waals surface area contributed by atoms with Gasteiger partial charge >= 0.3 is 102 Å². The third-order valence-corrected chi connectivity index (χ3v) is 5.42. The quantitative estimate of drug-likeness (QED) is 0.233. The van der Waals surface area contributed by atoms with E-state index < -0.39 is 58.4 Å². The average molecular weight is 500 g/mol. The Morgan fingerprint density at radius 1 is 1.23 bits per heavy atom. The van der Waals surface area contributed by atoms with E-state index in [1.54, 1.807) is 0 Å². The number of phosphoric ester groups is 1. The van der Waals surface area contributed by atoms with Crippen LogP contribution >= 0.6 is 15.6 Å². The molecule has 1 aromatic heterocycles. The summed E-state index contributed by atoms with van der Waals surface area (Å²) in [5.74, 6) is -1.35. The van der Waals surface area contributed by atoms with Crippen molar-refractivity contribution in [1.29, 1.82) is 0 Å². The first kappa shape index (κ1) is 33.8. The number of aromatic nitrogens is 2. The molecule has 1 aliphatic rings. The molecule has 2 rings (SSSR count). The van der Waals surface area contributed by atoms with Gasteiger partial charge in [-0.3, -0.25) is 13.4 Å². The molecule has 0 spiro atoms. The number of ether oxygens (including phenoxy) is 2. The summed E-state index contributed by atoms with van der Waals surface area (Å²) in [7, 11) is -10.1. The summed E-state index contributed by atoms with van der Waals surface area (Å²) in [5.41, 5.74) is -1.14. The van der Waals surface area contributed by atoms with Crippen LogP contribution in [0.15, 0.2) is 11.0 Å². The van der Waals surface area contributed by atoms with Crippen molar-refractivity contribution in [2.75, 3.05) is 13.7 Å². The monoisotopic (exact) mass is 500 g/mol. The van der Waals surface area contributed by atoms with Crippen molar-refractivity contribution in [2.45, 2.75) is 24.5 Å². The number of aliphatic hydroxyl groups is 2. The molecule has 1 saturated heterocycles. The van der Waals surface area contributed by atoms with Crippen LogP contribution in [-0.4, -0.2) is 56.7 Å². The second-order valence-corrected chi connectivity index (χ2v) is 7.89. The first-order valence-corrected chi connectivity index (χ1v) is 9.87. The summed E-state index contributed by atoms with van der Waals surface area (Å²) in [4.78, 5) is 44.8. The average Bonchev–Trinajstić information content (AvgIpc) is 2.79. The van der Waals surface area contributed by atoms with Crippen LogP contribution in [0.3, 0.4) is 0 Å². The summed E-state index contributed by atoms with van der Waals surface area (Å²) in [6.07, 6.45) is -5.81. The van der Waals surface area contributed by atoms with E-state index in [0.717, 1.165) is 13.3 Å². The van der Waals surface area contributed by atoms with Gasteiger partial charge in [-0.1, -0.05) is 0 Å². The molecule has 0 bridgehead atoms. The Kier molecular flexibility index (Phi) is 15.2. The SMILES string of the molecule is COc1cn([C@@H]2O[C@H](COP(=O)(O)OP(=O)([O-])[O-])[C@@H](O)[C@H]2O)c(=O)nc1[O-].[Na+].[Na+].[Na+]. The van der Waals surface area contributed by atoms with Crippen LogP contribution in [0.25, 0.3) is 0 Å². The number of nitrogens with zero attached hydrogens (tertiary/aromatic N) is 2. The van der Waals surface area contributed by atoms with E-state index in [0.29, 0.717) is 4.57 Å². The van der Waals surface area contributed by atoms with Crippen LogP contribution in [0.2, 0.25) is 0 Å². The number of aliphatic hydroxyl groups excluding tert-OH is 2. The zero-order chi connectivity index (χ0) is 20.6. The first-order valence-electron chi connectivity index (χ1n) is 6.91. The second kappa shape index (κ2) is 13.5. The van der Waals surface area contributed by atoms with Crippen LogP contribution in [0.1, 0.15) is 6.23 Å². The van der Waals surface area contributed by atoms with Crippen molar-refractivity contribution in [3.8, 4) is 11.6 Å². The Balaban J connectivity index is 0. The Bertz CT molecular complexity index is 851. The van der Waals surface area contributed by atoms with Gasteiger partial charge < -0.3 is 44.0 Å². The van der Waals surface area contributed by atoms with Crippen LogP contribution in [0.5, 0.6) is 11.6 Å². The molecular formula is C10H13N2Na3O13P2. The van der Waals surface area contributed by atoms with Gasteiger partial charge in [0.1, 0.15) is 24.1 Å². The molecular weight excluding hydrogens is 487 g/mol. The van der Waals surface area contributed by atoms with Gasteiger partial charge in [0.2, 0.25) is 0 Å². The third kappa shape index (κ3) is 9.11. The van der Waals surface area contributed by atoms with Crippen LogP contribution < -0.4 is 114 Å². The standard InChI is InChI=1S/C10H16N2O13P2.3Na/c1-22-4-2-12(10(16)11-8(4)15)9-7(14)6(13)5(24-9)3-23-27(20,21)25-26(17,18)19;;;/h2,5-7,9,13-14H,3H2,1H3,(H,20,21)(H,11,15,16)(H2,17,18,19);;;/q;3*+1/p-3/t5-,6-,7-,9-;;;/m1.../s1. The smallest absolute Gasteiger partial charge is 0.856 e. The largest absolute Gasteiger partial charge is 1.00 e. The maximum Gasteiger partial charge on any atom is 1.00 e. The summed E-state index contributed by atoms with van der Waals surface area (Å²) < 4.78 is 39.7. The van der Waals surface area contributed by atoms with E-state index in [-0.39, 0.29) is 94.4 Å². The van der Waals surface area contributed by atoms with Crippen LogP contribution in [0.4, 0.5) is 0 Å². The van der Waals surface area contributed by atoms with Crippen LogP contribution in [-0.2, 0) is 22.7 Å². The molecule has 2 heterocycles. The second-order valence-electron chi connectivity index (χ2n) is 5.14. The Hall–Kier alpha value is 1.62. The van der Waals surface area contributed by atoms with Gasteiger partial charge in [0, 0.05) is 5.88 Å². The molecule has 30 heavy (non-hydrogen) atoms. The Labute approximate surface area is 235 Å². The molecule has 0 amide bonds. The van der Waals surface area contributed by atoms with Gasteiger partial charge in [0.05, 0.1) is 27.7 Å². The molecule has 20 heteroatoms. The zero-order valence-electron chi connectivity index (χ0n) is 16.3. The summed E-state index contributed by atoms with van der Waals surface area (Å²) in [6.45, 7) is -0.999. The molecule has 0 saturated carbocycles. The van der Waals surface area contributed by atoms with Gasteiger partial charge in [-0.05, 0) is 0 Å². The van der Waals surface area contributed by atoms with Crippen molar-refractivity contribution in [2.24, 2.45) is 0 Å². The fourth-order valence-corrected chi connectivity index (χ4v) is 3.71. The summed E-state index contributed by atoms with van der Waals surface area (Å²) in [6, 6.07) is 0.